The summed E-state index contributed by atoms with van der Waals surface area (Å²) in [5.74, 6) is 1.00. The average molecular weight is 269 g/mol. The topological polar surface area (TPSA) is 54.0 Å². The maximum Gasteiger partial charge on any atom is 0.145 e. The molecule has 1 aliphatic rings. The van der Waals surface area contributed by atoms with Crippen molar-refractivity contribution in [1.29, 1.82) is 0 Å². The van der Waals surface area contributed by atoms with Crippen LogP contribution in [0.4, 0.5) is 0 Å². The molecule has 2 heterocycles. The number of aryl methyl sites for hydroxylation is 1. The second-order valence-electron chi connectivity index (χ2n) is 4.74. The van der Waals surface area contributed by atoms with Gasteiger partial charge in [0.2, 0.25) is 0 Å². The minimum atomic E-state index is 0.693. The molecule has 0 aromatic carbocycles. The molecular weight excluding hydrogens is 250 g/mol. The molecule has 0 atom stereocenters. The molecule has 0 radical (unpaired) electrons. The summed E-state index contributed by atoms with van der Waals surface area (Å²) in [6.07, 6.45) is 8.65. The van der Waals surface area contributed by atoms with E-state index in [4.69, 9.17) is 0 Å². The predicted octanol–water partition coefficient (Wildman–Crippen LogP) is 2.04. The number of nitrogens with one attached hydrogen (secondary N) is 2. The first-order chi connectivity index (χ1) is 9.65. The zero-order valence-electron chi connectivity index (χ0n) is 12.0. The van der Waals surface area contributed by atoms with E-state index in [1.54, 1.807) is 13.1 Å². The Morgan fingerprint density at radius 3 is 2.85 bits per heavy atom. The van der Waals surface area contributed by atoms with Gasteiger partial charge in [0, 0.05) is 31.0 Å². The molecule has 0 spiro atoms. The van der Waals surface area contributed by atoms with Crippen LogP contribution in [0.2, 0.25) is 0 Å². The number of carbonyl (C=O) groups is 1. The predicted molar refractivity (Wildman–Crippen MR) is 81.8 cm³/mol. The maximum atomic E-state index is 10.9. The van der Waals surface area contributed by atoms with E-state index in [0.717, 1.165) is 35.5 Å². The molecule has 0 aliphatic carbocycles. The third-order valence-electron chi connectivity index (χ3n) is 3.28. The number of nitrogens with zero attached hydrogens (tertiary/aromatic N) is 1. The quantitative estimate of drug-likeness (QED) is 0.649. The van der Waals surface area contributed by atoms with E-state index >= 15 is 0 Å². The van der Waals surface area contributed by atoms with E-state index < -0.39 is 0 Å². The lowest BCUT2D eigenvalue weighted by atomic mass is 9.96. The molecule has 0 fully saturated rings. The van der Waals surface area contributed by atoms with E-state index in [-0.39, 0.29) is 0 Å². The number of carbonyl (C=O) groups excluding carboxylic acids is 1. The van der Waals surface area contributed by atoms with Crippen LogP contribution in [-0.2, 0) is 4.79 Å². The normalized spacial score (nSPS) is 15.1. The van der Waals surface area contributed by atoms with Crippen LogP contribution < -0.4 is 10.6 Å². The van der Waals surface area contributed by atoms with Crippen LogP contribution in [0.25, 0.3) is 11.6 Å². The highest BCUT2D eigenvalue weighted by atomic mass is 16.1. The first-order valence-electron chi connectivity index (χ1n) is 6.57. The summed E-state index contributed by atoms with van der Waals surface area (Å²) in [5, 5.41) is 6.38. The van der Waals surface area contributed by atoms with Crippen molar-refractivity contribution in [1.82, 2.24) is 15.6 Å². The van der Waals surface area contributed by atoms with Crippen LogP contribution in [-0.4, -0.2) is 24.9 Å². The standard InChI is InChI=1S/C16H19N3O/c1-11(10-20)8-15-12(2)18-7-6-14(15)13-4-5-16(17-3)19-9-13/h4-8,10,17,19H,9H2,1-3H3/b11-8+. The molecule has 20 heavy (non-hydrogen) atoms. The van der Waals surface area contributed by atoms with Gasteiger partial charge in [0.15, 0.2) is 0 Å². The van der Waals surface area contributed by atoms with Crippen molar-refractivity contribution in [3.63, 3.8) is 0 Å². The second kappa shape index (κ2) is 6.19. The maximum absolute atomic E-state index is 10.9. The van der Waals surface area contributed by atoms with E-state index in [1.165, 1.54) is 5.57 Å². The molecule has 4 nitrogen and oxygen atoms in total. The first-order valence-corrected chi connectivity index (χ1v) is 6.57. The van der Waals surface area contributed by atoms with Gasteiger partial charge in [-0.05, 0) is 48.8 Å². The fourth-order valence-corrected chi connectivity index (χ4v) is 2.15. The molecule has 2 rings (SSSR count). The third-order valence-corrected chi connectivity index (χ3v) is 3.28. The van der Waals surface area contributed by atoms with Crippen LogP contribution in [0.3, 0.4) is 0 Å². The Kier molecular flexibility index (Phi) is 4.35. The SMILES string of the molecule is CNC1=CC=C(c2ccnc(C)c2/C=C(\C)C=O)CN1. The van der Waals surface area contributed by atoms with Gasteiger partial charge >= 0.3 is 0 Å². The van der Waals surface area contributed by atoms with Gasteiger partial charge < -0.3 is 10.6 Å². The Morgan fingerprint density at radius 1 is 1.45 bits per heavy atom. The molecule has 1 aromatic heterocycles. The van der Waals surface area contributed by atoms with Crippen LogP contribution in [0.15, 0.2) is 35.8 Å². The van der Waals surface area contributed by atoms with Gasteiger partial charge in [0.25, 0.3) is 0 Å². The monoisotopic (exact) mass is 269 g/mol. The molecule has 4 heteroatoms. The lowest BCUT2D eigenvalue weighted by Crippen LogP contribution is -2.27. The van der Waals surface area contributed by atoms with Gasteiger partial charge in [-0.15, -0.1) is 0 Å². The van der Waals surface area contributed by atoms with Crippen LogP contribution in [0, 0.1) is 6.92 Å². The molecule has 1 aromatic rings. The Morgan fingerprint density at radius 2 is 2.25 bits per heavy atom. The van der Waals surface area contributed by atoms with Crippen molar-refractivity contribution in [2.45, 2.75) is 13.8 Å². The highest BCUT2D eigenvalue weighted by Crippen LogP contribution is 2.24. The molecular formula is C16H19N3O. The Hall–Kier alpha value is -2.36. The molecule has 0 bridgehead atoms. The molecule has 0 amide bonds. The molecule has 104 valence electrons. The number of hydrogen-bond donors (Lipinski definition) is 2. The summed E-state index contributed by atoms with van der Waals surface area (Å²) in [6, 6.07) is 1.99. The zero-order chi connectivity index (χ0) is 14.5. The van der Waals surface area contributed by atoms with Gasteiger partial charge in [-0.1, -0.05) is 6.08 Å². The summed E-state index contributed by atoms with van der Waals surface area (Å²) < 4.78 is 0. The first kappa shape index (κ1) is 14.1. The third kappa shape index (κ3) is 2.96. The van der Waals surface area contributed by atoms with Gasteiger partial charge in [0.05, 0.1) is 5.82 Å². The highest BCUT2D eigenvalue weighted by Gasteiger charge is 2.12. The molecule has 0 saturated heterocycles. The lowest BCUT2D eigenvalue weighted by Gasteiger charge is -2.19. The summed E-state index contributed by atoms with van der Waals surface area (Å²) in [6.45, 7) is 4.51. The van der Waals surface area contributed by atoms with Crippen molar-refractivity contribution in [3.8, 4) is 0 Å². The second-order valence-corrected chi connectivity index (χ2v) is 4.74. The summed E-state index contributed by atoms with van der Waals surface area (Å²) >= 11 is 0. The molecule has 1 aliphatic heterocycles. The fourth-order valence-electron chi connectivity index (χ4n) is 2.15. The highest BCUT2D eigenvalue weighted by molar-refractivity contribution is 5.85. The minimum absolute atomic E-state index is 0.693. The number of dihydropyridines is 1. The number of aromatic nitrogens is 1. The molecule has 0 unspecified atom stereocenters. The molecule has 2 N–H and O–H groups in total. The van der Waals surface area contributed by atoms with Gasteiger partial charge in [0.1, 0.15) is 6.29 Å². The number of aldehydes is 1. The number of pyridine rings is 1. The summed E-state index contributed by atoms with van der Waals surface area (Å²) in [4.78, 5) is 15.2. The van der Waals surface area contributed by atoms with Crippen LogP contribution >= 0.6 is 0 Å². The van der Waals surface area contributed by atoms with Crippen molar-refractivity contribution in [3.05, 3.63) is 52.6 Å². The largest absolute Gasteiger partial charge is 0.375 e. The van der Waals surface area contributed by atoms with Gasteiger partial charge in [-0.25, -0.2) is 0 Å². The van der Waals surface area contributed by atoms with Gasteiger partial charge in [-0.3, -0.25) is 9.78 Å². The van der Waals surface area contributed by atoms with Crippen molar-refractivity contribution in [2.75, 3.05) is 13.6 Å². The van der Waals surface area contributed by atoms with Crippen molar-refractivity contribution in [2.24, 2.45) is 0 Å². The van der Waals surface area contributed by atoms with E-state index in [9.17, 15) is 4.79 Å². The van der Waals surface area contributed by atoms with E-state index in [2.05, 4.69) is 21.7 Å². The smallest absolute Gasteiger partial charge is 0.145 e. The minimum Gasteiger partial charge on any atom is -0.375 e. The Balaban J connectivity index is 2.48. The summed E-state index contributed by atoms with van der Waals surface area (Å²) in [7, 11) is 1.88. The number of rotatable bonds is 4. The fraction of sp³-hybridized carbons (Fsp3) is 0.250. The van der Waals surface area contributed by atoms with Crippen LogP contribution in [0.5, 0.6) is 0 Å². The van der Waals surface area contributed by atoms with E-state index in [1.807, 2.05) is 32.2 Å². The number of allylic oxidation sites excluding steroid dienone is 3. The lowest BCUT2D eigenvalue weighted by molar-refractivity contribution is -0.104. The Labute approximate surface area is 119 Å². The average Bonchev–Trinajstić information content (AvgIpc) is 2.49. The zero-order valence-corrected chi connectivity index (χ0v) is 12.0. The van der Waals surface area contributed by atoms with Crippen molar-refractivity contribution >= 4 is 17.9 Å². The summed E-state index contributed by atoms with van der Waals surface area (Å²) in [5.41, 5.74) is 4.91. The van der Waals surface area contributed by atoms with Crippen LogP contribution in [0.1, 0.15) is 23.7 Å². The number of hydrogen-bond acceptors (Lipinski definition) is 4. The van der Waals surface area contributed by atoms with E-state index in [0.29, 0.717) is 5.57 Å². The molecule has 0 saturated carbocycles. The Bertz CT molecular complexity index is 612. The van der Waals surface area contributed by atoms with Crippen molar-refractivity contribution < 1.29 is 4.79 Å². The van der Waals surface area contributed by atoms with Gasteiger partial charge in [-0.2, -0.15) is 0 Å².